The van der Waals surface area contributed by atoms with Gasteiger partial charge in [-0.25, -0.2) is 0 Å². The maximum Gasteiger partial charge on any atom is 0.142 e. The van der Waals surface area contributed by atoms with E-state index in [9.17, 15) is 0 Å². The van der Waals surface area contributed by atoms with Crippen molar-refractivity contribution in [1.29, 1.82) is 0 Å². The summed E-state index contributed by atoms with van der Waals surface area (Å²) >= 11 is 0. The second-order valence-corrected chi connectivity index (χ2v) is 5.46. The molecule has 17 heavy (non-hydrogen) atoms. The zero-order valence-corrected chi connectivity index (χ0v) is 10.8. The number of nitrogens with two attached hydrogens (primary N) is 1. The van der Waals surface area contributed by atoms with Crippen molar-refractivity contribution in [1.82, 2.24) is 0 Å². The first-order valence-electron chi connectivity index (χ1n) is 6.29. The van der Waals surface area contributed by atoms with E-state index in [1.54, 1.807) is 0 Å². The Morgan fingerprint density at radius 1 is 1.35 bits per heavy atom. The fraction of sp³-hybridized carbons (Fsp3) is 0.571. The number of fused-ring (bicyclic) bond motifs is 1. The maximum atomic E-state index is 5.82. The SMILES string of the molecule is CC(C)(CN)CN1CCCOc2ccccc21. The van der Waals surface area contributed by atoms with E-state index < -0.39 is 0 Å². The minimum Gasteiger partial charge on any atom is -0.491 e. The lowest BCUT2D eigenvalue weighted by Gasteiger charge is -2.32. The van der Waals surface area contributed by atoms with Crippen molar-refractivity contribution in [2.75, 3.05) is 31.1 Å². The third-order valence-corrected chi connectivity index (χ3v) is 3.21. The van der Waals surface area contributed by atoms with Crippen molar-refractivity contribution in [3.8, 4) is 5.75 Å². The third-order valence-electron chi connectivity index (χ3n) is 3.21. The quantitative estimate of drug-likeness (QED) is 0.872. The molecule has 0 amide bonds. The molecular formula is C14H22N2O. The molecule has 0 aromatic heterocycles. The predicted octanol–water partition coefficient (Wildman–Crippen LogP) is 2.26. The van der Waals surface area contributed by atoms with Gasteiger partial charge in [-0.3, -0.25) is 0 Å². The lowest BCUT2D eigenvalue weighted by Crippen LogP contribution is -2.39. The Labute approximate surface area is 104 Å². The van der Waals surface area contributed by atoms with Gasteiger partial charge in [0.2, 0.25) is 0 Å². The van der Waals surface area contributed by atoms with Gasteiger partial charge in [0.15, 0.2) is 0 Å². The van der Waals surface area contributed by atoms with E-state index >= 15 is 0 Å². The van der Waals surface area contributed by atoms with Crippen molar-refractivity contribution in [3.05, 3.63) is 24.3 Å². The summed E-state index contributed by atoms with van der Waals surface area (Å²) in [7, 11) is 0. The summed E-state index contributed by atoms with van der Waals surface area (Å²) in [6.45, 7) is 7.94. The van der Waals surface area contributed by atoms with Gasteiger partial charge in [0.25, 0.3) is 0 Å². The van der Waals surface area contributed by atoms with Gasteiger partial charge >= 0.3 is 0 Å². The molecule has 0 radical (unpaired) electrons. The molecule has 94 valence electrons. The van der Waals surface area contributed by atoms with Crippen LogP contribution in [0.2, 0.25) is 0 Å². The Hall–Kier alpha value is -1.22. The molecule has 1 aromatic carbocycles. The van der Waals surface area contributed by atoms with Crippen LogP contribution in [0, 0.1) is 5.41 Å². The Bertz CT molecular complexity index is 376. The van der Waals surface area contributed by atoms with Crippen LogP contribution < -0.4 is 15.4 Å². The molecule has 0 saturated heterocycles. The topological polar surface area (TPSA) is 38.5 Å². The van der Waals surface area contributed by atoms with E-state index in [0.717, 1.165) is 31.9 Å². The van der Waals surface area contributed by atoms with Gasteiger partial charge in [-0.1, -0.05) is 26.0 Å². The smallest absolute Gasteiger partial charge is 0.142 e. The highest BCUT2D eigenvalue weighted by Gasteiger charge is 2.23. The summed E-state index contributed by atoms with van der Waals surface area (Å²) in [5.41, 5.74) is 7.16. The minimum atomic E-state index is 0.136. The fourth-order valence-electron chi connectivity index (χ4n) is 2.14. The molecule has 0 bridgehead atoms. The molecule has 0 atom stereocenters. The molecule has 1 heterocycles. The molecule has 2 N–H and O–H groups in total. The van der Waals surface area contributed by atoms with Crippen molar-refractivity contribution in [2.45, 2.75) is 20.3 Å². The predicted molar refractivity (Wildman–Crippen MR) is 71.6 cm³/mol. The van der Waals surface area contributed by atoms with Crippen molar-refractivity contribution in [3.63, 3.8) is 0 Å². The van der Waals surface area contributed by atoms with E-state index in [-0.39, 0.29) is 5.41 Å². The first-order valence-corrected chi connectivity index (χ1v) is 6.29. The van der Waals surface area contributed by atoms with E-state index in [4.69, 9.17) is 10.5 Å². The van der Waals surface area contributed by atoms with Crippen LogP contribution in [0.25, 0.3) is 0 Å². The zero-order valence-electron chi connectivity index (χ0n) is 10.8. The number of rotatable bonds is 3. The normalized spacial score (nSPS) is 16.1. The van der Waals surface area contributed by atoms with E-state index in [2.05, 4.69) is 30.9 Å². The largest absolute Gasteiger partial charge is 0.491 e. The summed E-state index contributed by atoms with van der Waals surface area (Å²) in [6.07, 6.45) is 1.06. The fourth-order valence-corrected chi connectivity index (χ4v) is 2.14. The van der Waals surface area contributed by atoms with E-state index in [0.29, 0.717) is 6.54 Å². The molecular weight excluding hydrogens is 212 g/mol. The summed E-state index contributed by atoms with van der Waals surface area (Å²) in [5, 5.41) is 0. The first kappa shape index (κ1) is 12.2. The van der Waals surface area contributed by atoms with Gasteiger partial charge in [0, 0.05) is 13.1 Å². The van der Waals surface area contributed by atoms with Crippen LogP contribution in [0.15, 0.2) is 24.3 Å². The van der Waals surface area contributed by atoms with E-state index in [1.807, 2.05) is 12.1 Å². The monoisotopic (exact) mass is 234 g/mol. The molecule has 1 aromatic rings. The molecule has 1 aliphatic heterocycles. The lowest BCUT2D eigenvalue weighted by atomic mass is 9.92. The highest BCUT2D eigenvalue weighted by molar-refractivity contribution is 5.59. The van der Waals surface area contributed by atoms with Crippen molar-refractivity contribution < 1.29 is 4.74 Å². The standard InChI is InChI=1S/C14H22N2O/c1-14(2,10-15)11-16-8-5-9-17-13-7-4-3-6-12(13)16/h3-4,6-7H,5,8-11,15H2,1-2H3. The summed E-state index contributed by atoms with van der Waals surface area (Å²) < 4.78 is 5.75. The number of para-hydroxylation sites is 2. The number of ether oxygens (including phenoxy) is 1. The maximum absolute atomic E-state index is 5.82. The van der Waals surface area contributed by atoms with Crippen LogP contribution in [0.5, 0.6) is 5.75 Å². The number of benzene rings is 1. The van der Waals surface area contributed by atoms with Gasteiger partial charge in [-0.2, -0.15) is 0 Å². The lowest BCUT2D eigenvalue weighted by molar-refractivity contribution is 0.321. The van der Waals surface area contributed by atoms with Crippen LogP contribution in [-0.2, 0) is 0 Å². The molecule has 3 nitrogen and oxygen atoms in total. The molecule has 3 heteroatoms. The summed E-state index contributed by atoms with van der Waals surface area (Å²) in [4.78, 5) is 2.40. The first-order chi connectivity index (χ1) is 8.12. The van der Waals surface area contributed by atoms with Crippen LogP contribution in [0.4, 0.5) is 5.69 Å². The van der Waals surface area contributed by atoms with Gasteiger partial charge < -0.3 is 15.4 Å². The molecule has 0 saturated carbocycles. The summed E-state index contributed by atoms with van der Waals surface area (Å²) in [6, 6.07) is 8.27. The van der Waals surface area contributed by atoms with Gasteiger partial charge in [-0.15, -0.1) is 0 Å². The average Bonchev–Trinajstić information content (AvgIpc) is 2.52. The number of hydrogen-bond acceptors (Lipinski definition) is 3. The second kappa shape index (κ2) is 4.96. The summed E-state index contributed by atoms with van der Waals surface area (Å²) in [5.74, 6) is 0.998. The molecule has 0 unspecified atom stereocenters. The second-order valence-electron chi connectivity index (χ2n) is 5.46. The molecule has 1 aliphatic rings. The third kappa shape index (κ3) is 2.91. The van der Waals surface area contributed by atoms with Gasteiger partial charge in [0.1, 0.15) is 5.75 Å². The Morgan fingerprint density at radius 2 is 2.12 bits per heavy atom. The van der Waals surface area contributed by atoms with Crippen LogP contribution in [-0.4, -0.2) is 26.2 Å². The number of anilines is 1. The minimum absolute atomic E-state index is 0.136. The van der Waals surface area contributed by atoms with Crippen LogP contribution in [0.1, 0.15) is 20.3 Å². The Balaban J connectivity index is 2.23. The van der Waals surface area contributed by atoms with Gasteiger partial charge in [-0.05, 0) is 30.5 Å². The highest BCUT2D eigenvalue weighted by Crippen LogP contribution is 2.32. The zero-order chi connectivity index (χ0) is 12.3. The highest BCUT2D eigenvalue weighted by atomic mass is 16.5. The molecule has 0 spiro atoms. The molecule has 2 rings (SSSR count). The number of hydrogen-bond donors (Lipinski definition) is 1. The van der Waals surface area contributed by atoms with E-state index in [1.165, 1.54) is 5.69 Å². The Morgan fingerprint density at radius 3 is 2.88 bits per heavy atom. The molecule has 0 fully saturated rings. The van der Waals surface area contributed by atoms with Gasteiger partial charge in [0.05, 0.1) is 12.3 Å². The number of nitrogens with zero attached hydrogens (tertiary/aromatic N) is 1. The van der Waals surface area contributed by atoms with Crippen LogP contribution in [0.3, 0.4) is 0 Å². The van der Waals surface area contributed by atoms with Crippen LogP contribution >= 0.6 is 0 Å². The Kier molecular flexibility index (Phi) is 3.57. The average molecular weight is 234 g/mol. The molecule has 0 aliphatic carbocycles. The van der Waals surface area contributed by atoms with Crippen molar-refractivity contribution in [2.24, 2.45) is 11.1 Å². The van der Waals surface area contributed by atoms with Crippen molar-refractivity contribution >= 4 is 5.69 Å².